The number of fused-ring (bicyclic) bond motifs is 1. The molecule has 1 aliphatic heterocycles. The van der Waals surface area contributed by atoms with E-state index >= 15 is 0 Å². The molecule has 1 aromatic carbocycles. The summed E-state index contributed by atoms with van der Waals surface area (Å²) in [5.41, 5.74) is 1.26. The third-order valence-corrected chi connectivity index (χ3v) is 4.09. The summed E-state index contributed by atoms with van der Waals surface area (Å²) in [4.78, 5) is 0. The zero-order valence-corrected chi connectivity index (χ0v) is 13.1. The number of halogens is 1. The first-order valence-corrected chi connectivity index (χ1v) is 7.88. The van der Waals surface area contributed by atoms with E-state index in [0.717, 1.165) is 18.1 Å². The molecule has 2 rings (SSSR count). The van der Waals surface area contributed by atoms with Gasteiger partial charge in [0.25, 0.3) is 5.79 Å². The van der Waals surface area contributed by atoms with Crippen molar-refractivity contribution in [3.8, 4) is 11.5 Å². The summed E-state index contributed by atoms with van der Waals surface area (Å²) in [6, 6.07) is 5.94. The van der Waals surface area contributed by atoms with Gasteiger partial charge in [0.15, 0.2) is 18.1 Å². The van der Waals surface area contributed by atoms with Gasteiger partial charge in [-0.15, -0.1) is 0 Å². The Morgan fingerprint density at radius 1 is 1.37 bits per heavy atom. The Hall–Kier alpha value is -0.740. The van der Waals surface area contributed by atoms with Crippen LogP contribution in [0, 0.1) is 5.92 Å². The van der Waals surface area contributed by atoms with Crippen molar-refractivity contribution in [1.82, 2.24) is 0 Å². The Balaban J connectivity index is 2.01. The van der Waals surface area contributed by atoms with Gasteiger partial charge in [0, 0.05) is 0 Å². The van der Waals surface area contributed by atoms with Gasteiger partial charge < -0.3 is 14.6 Å². The molecule has 1 atom stereocenters. The fourth-order valence-electron chi connectivity index (χ4n) is 2.11. The van der Waals surface area contributed by atoms with E-state index < -0.39 is 5.79 Å². The van der Waals surface area contributed by atoms with E-state index in [1.165, 1.54) is 18.4 Å². The van der Waals surface area contributed by atoms with Crippen molar-refractivity contribution in [1.29, 1.82) is 0 Å². The molecule has 19 heavy (non-hydrogen) atoms. The van der Waals surface area contributed by atoms with Crippen molar-refractivity contribution in [2.24, 2.45) is 5.92 Å². The van der Waals surface area contributed by atoms with E-state index in [1.807, 2.05) is 18.2 Å². The van der Waals surface area contributed by atoms with Gasteiger partial charge in [-0.05, 0) is 36.5 Å². The number of aliphatic hydroxyl groups is 1. The third kappa shape index (κ3) is 3.86. The quantitative estimate of drug-likeness (QED) is 0.840. The molecule has 0 saturated heterocycles. The number of benzene rings is 1. The van der Waals surface area contributed by atoms with Gasteiger partial charge >= 0.3 is 0 Å². The van der Waals surface area contributed by atoms with Crippen molar-refractivity contribution < 1.29 is 14.6 Å². The molecule has 1 unspecified atom stereocenters. The lowest BCUT2D eigenvalue weighted by atomic mass is 10.0. The molecule has 1 aromatic rings. The van der Waals surface area contributed by atoms with Crippen LogP contribution < -0.4 is 9.47 Å². The zero-order chi connectivity index (χ0) is 13.9. The minimum absolute atomic E-state index is 0.153. The standard InChI is InChI=1S/C15H21BrO3/c1-11(2)4-3-5-12-6-7-13-14(8-12)18-10-15(17,9-16)19-13/h6-8,11,17H,3-5,9-10H2,1-2H3. The molecule has 1 heterocycles. The van der Waals surface area contributed by atoms with E-state index in [1.54, 1.807) is 0 Å². The monoisotopic (exact) mass is 328 g/mol. The molecule has 0 amide bonds. The van der Waals surface area contributed by atoms with Crippen molar-refractivity contribution in [2.75, 3.05) is 11.9 Å². The average Bonchev–Trinajstić information content (AvgIpc) is 2.38. The summed E-state index contributed by atoms with van der Waals surface area (Å²) < 4.78 is 11.1. The Morgan fingerprint density at radius 3 is 2.84 bits per heavy atom. The predicted molar refractivity (Wildman–Crippen MR) is 79.1 cm³/mol. The van der Waals surface area contributed by atoms with Crippen molar-refractivity contribution in [2.45, 2.75) is 38.9 Å². The van der Waals surface area contributed by atoms with Crippen LogP contribution in [0.2, 0.25) is 0 Å². The SMILES string of the molecule is CC(C)CCCc1ccc2c(c1)OCC(O)(CBr)O2. The summed E-state index contributed by atoms with van der Waals surface area (Å²) in [5, 5.41) is 10.3. The molecular weight excluding hydrogens is 308 g/mol. The molecule has 0 aromatic heterocycles. The molecule has 0 spiro atoms. The number of alkyl halides is 1. The fourth-order valence-corrected chi connectivity index (χ4v) is 2.39. The lowest BCUT2D eigenvalue weighted by Gasteiger charge is -2.32. The molecule has 1 aliphatic rings. The topological polar surface area (TPSA) is 38.7 Å². The highest BCUT2D eigenvalue weighted by Crippen LogP contribution is 2.36. The molecule has 0 aliphatic carbocycles. The highest BCUT2D eigenvalue weighted by atomic mass is 79.9. The number of rotatable bonds is 5. The van der Waals surface area contributed by atoms with Crippen LogP contribution in [0.5, 0.6) is 11.5 Å². The maximum Gasteiger partial charge on any atom is 0.252 e. The largest absolute Gasteiger partial charge is 0.483 e. The summed E-state index contributed by atoms with van der Waals surface area (Å²) in [6.07, 6.45) is 3.47. The molecule has 4 heteroatoms. The molecule has 0 bridgehead atoms. The normalized spacial score (nSPS) is 21.7. The first-order valence-electron chi connectivity index (χ1n) is 6.75. The molecular formula is C15H21BrO3. The molecule has 3 nitrogen and oxygen atoms in total. The number of hydrogen-bond acceptors (Lipinski definition) is 3. The number of aryl methyl sites for hydroxylation is 1. The van der Waals surface area contributed by atoms with Crippen molar-refractivity contribution in [3.63, 3.8) is 0 Å². The smallest absolute Gasteiger partial charge is 0.252 e. The van der Waals surface area contributed by atoms with Gasteiger partial charge in [0.2, 0.25) is 0 Å². The Bertz CT molecular complexity index is 433. The van der Waals surface area contributed by atoms with Crippen LogP contribution >= 0.6 is 15.9 Å². The summed E-state index contributed by atoms with van der Waals surface area (Å²) in [5.74, 6) is 0.825. The first-order chi connectivity index (χ1) is 9.02. The maximum absolute atomic E-state index is 10.0. The van der Waals surface area contributed by atoms with Crippen LogP contribution in [-0.2, 0) is 6.42 Å². The van der Waals surface area contributed by atoms with Gasteiger partial charge in [0.05, 0.1) is 5.33 Å². The minimum Gasteiger partial charge on any atom is -0.483 e. The lowest BCUT2D eigenvalue weighted by Crippen LogP contribution is -2.46. The zero-order valence-electron chi connectivity index (χ0n) is 11.5. The van der Waals surface area contributed by atoms with Crippen molar-refractivity contribution in [3.05, 3.63) is 23.8 Å². The molecule has 0 radical (unpaired) electrons. The van der Waals surface area contributed by atoms with E-state index in [2.05, 4.69) is 29.8 Å². The molecule has 0 saturated carbocycles. The Morgan fingerprint density at radius 2 is 2.16 bits per heavy atom. The van der Waals surface area contributed by atoms with Crippen LogP contribution in [0.1, 0.15) is 32.3 Å². The molecule has 0 fully saturated rings. The minimum atomic E-state index is -1.26. The third-order valence-electron chi connectivity index (χ3n) is 3.22. The number of hydrogen-bond donors (Lipinski definition) is 1. The summed E-state index contributed by atoms with van der Waals surface area (Å²) >= 11 is 3.23. The van der Waals surface area contributed by atoms with Gasteiger partial charge in [-0.3, -0.25) is 0 Å². The van der Waals surface area contributed by atoms with Crippen LogP contribution in [0.4, 0.5) is 0 Å². The van der Waals surface area contributed by atoms with Gasteiger partial charge in [0.1, 0.15) is 0 Å². The maximum atomic E-state index is 10.0. The summed E-state index contributed by atoms with van der Waals surface area (Å²) in [7, 11) is 0. The van der Waals surface area contributed by atoms with Gasteiger partial charge in [-0.25, -0.2) is 0 Å². The fraction of sp³-hybridized carbons (Fsp3) is 0.600. The van der Waals surface area contributed by atoms with Crippen LogP contribution in [0.25, 0.3) is 0 Å². The van der Waals surface area contributed by atoms with Crippen LogP contribution in [0.15, 0.2) is 18.2 Å². The first kappa shape index (κ1) is 14.7. The number of ether oxygens (including phenoxy) is 2. The molecule has 106 valence electrons. The highest BCUT2D eigenvalue weighted by molar-refractivity contribution is 9.09. The van der Waals surface area contributed by atoms with Crippen LogP contribution in [-0.4, -0.2) is 22.8 Å². The second kappa shape index (κ2) is 6.14. The lowest BCUT2D eigenvalue weighted by molar-refractivity contribution is -0.154. The second-order valence-corrected chi connectivity index (χ2v) is 6.10. The van der Waals surface area contributed by atoms with E-state index in [9.17, 15) is 5.11 Å². The highest BCUT2D eigenvalue weighted by Gasteiger charge is 2.34. The summed E-state index contributed by atoms with van der Waals surface area (Å²) in [6.45, 7) is 4.64. The second-order valence-electron chi connectivity index (χ2n) is 5.54. The average molecular weight is 329 g/mol. The van der Waals surface area contributed by atoms with Gasteiger partial charge in [-0.2, -0.15) is 0 Å². The predicted octanol–water partition coefficient (Wildman–Crippen LogP) is 3.52. The van der Waals surface area contributed by atoms with E-state index in [4.69, 9.17) is 9.47 Å². The van der Waals surface area contributed by atoms with Gasteiger partial charge in [-0.1, -0.05) is 42.3 Å². The van der Waals surface area contributed by atoms with Crippen molar-refractivity contribution >= 4 is 15.9 Å². The van der Waals surface area contributed by atoms with E-state index in [-0.39, 0.29) is 6.61 Å². The van der Waals surface area contributed by atoms with E-state index in [0.29, 0.717) is 11.1 Å². The van der Waals surface area contributed by atoms with Crippen LogP contribution in [0.3, 0.4) is 0 Å². The Labute approximate surface area is 123 Å². The Kier molecular flexibility index (Phi) is 4.74. The molecule has 1 N–H and O–H groups in total.